The Hall–Kier alpha value is -1.07. The Morgan fingerprint density at radius 3 is 2.56 bits per heavy atom. The highest BCUT2D eigenvalue weighted by Crippen LogP contribution is 2.26. The molecule has 18 heavy (non-hydrogen) atoms. The second-order valence-corrected chi connectivity index (χ2v) is 5.70. The van der Waals surface area contributed by atoms with Crippen molar-refractivity contribution in [3.63, 3.8) is 0 Å². The molecule has 1 rings (SSSR count). The van der Waals surface area contributed by atoms with E-state index >= 15 is 0 Å². The molecule has 100 valence electrons. The molecule has 0 radical (unpaired) electrons. The summed E-state index contributed by atoms with van der Waals surface area (Å²) in [5.74, 6) is 0.204. The Labute approximate surface area is 116 Å². The highest BCUT2D eigenvalue weighted by Gasteiger charge is 2.16. The quantitative estimate of drug-likeness (QED) is 0.868. The van der Waals surface area contributed by atoms with Crippen LogP contribution in [0.2, 0.25) is 0 Å². The predicted octanol–water partition coefficient (Wildman–Crippen LogP) is 2.63. The Bertz CT molecular complexity index is 427. The molecule has 0 aliphatic heterocycles. The number of esters is 1. The summed E-state index contributed by atoms with van der Waals surface area (Å²) in [4.78, 5) is 11.5. The fourth-order valence-corrected chi connectivity index (χ4v) is 1.84. The maximum atomic E-state index is 11.5. The molecule has 0 spiro atoms. The third-order valence-corrected chi connectivity index (χ3v) is 2.62. The van der Waals surface area contributed by atoms with Gasteiger partial charge >= 0.3 is 5.97 Å². The van der Waals surface area contributed by atoms with Gasteiger partial charge in [-0.2, -0.15) is 0 Å². The second-order valence-electron chi connectivity index (χ2n) is 4.84. The summed E-state index contributed by atoms with van der Waals surface area (Å²) in [6.07, 6.45) is 0. The molecule has 0 aliphatic rings. The lowest BCUT2D eigenvalue weighted by atomic mass is 10.2. The second kappa shape index (κ2) is 6.20. The van der Waals surface area contributed by atoms with Gasteiger partial charge in [-0.25, -0.2) is 4.79 Å². The number of halogens is 1. The van der Waals surface area contributed by atoms with Gasteiger partial charge in [0.05, 0.1) is 4.47 Å². The van der Waals surface area contributed by atoms with Crippen LogP contribution >= 0.6 is 15.9 Å². The zero-order valence-corrected chi connectivity index (χ0v) is 12.4. The minimum absolute atomic E-state index is 0.113. The minimum Gasteiger partial charge on any atom is -0.481 e. The van der Waals surface area contributed by atoms with Gasteiger partial charge in [-0.15, -0.1) is 0 Å². The number of rotatable bonds is 4. The largest absolute Gasteiger partial charge is 0.481 e. The van der Waals surface area contributed by atoms with Crippen molar-refractivity contribution < 1.29 is 14.3 Å². The molecule has 0 aromatic heterocycles. The highest BCUT2D eigenvalue weighted by molar-refractivity contribution is 9.10. The molecule has 4 nitrogen and oxygen atoms in total. The number of ether oxygens (including phenoxy) is 2. The maximum Gasteiger partial charge on any atom is 0.344 e. The Kier molecular flexibility index (Phi) is 5.16. The first-order valence-corrected chi connectivity index (χ1v) is 6.44. The minimum atomic E-state index is -0.499. The van der Waals surface area contributed by atoms with E-state index in [0.29, 0.717) is 12.3 Å². The normalized spacial score (nSPS) is 11.2. The van der Waals surface area contributed by atoms with Crippen LogP contribution in [0.25, 0.3) is 0 Å². The van der Waals surface area contributed by atoms with Crippen LogP contribution in [0.5, 0.6) is 5.75 Å². The summed E-state index contributed by atoms with van der Waals surface area (Å²) < 4.78 is 11.3. The van der Waals surface area contributed by atoms with E-state index in [1.54, 1.807) is 6.07 Å². The first kappa shape index (κ1) is 15.0. The van der Waals surface area contributed by atoms with Crippen molar-refractivity contribution in [2.75, 3.05) is 6.61 Å². The number of hydrogen-bond donors (Lipinski definition) is 1. The molecular formula is C13H18BrNO3. The standard InChI is InChI=1S/C13H18BrNO3/c1-13(2,3)18-12(16)8-17-11-5-4-9(7-15)6-10(11)14/h4-6H,7-8,15H2,1-3H3. The molecule has 2 N–H and O–H groups in total. The average molecular weight is 316 g/mol. The molecule has 0 bridgehead atoms. The number of carbonyl (C=O) groups excluding carboxylic acids is 1. The molecule has 5 heteroatoms. The molecule has 1 aromatic carbocycles. The van der Waals surface area contributed by atoms with Crippen molar-refractivity contribution in [2.45, 2.75) is 32.9 Å². The summed E-state index contributed by atoms with van der Waals surface area (Å²) in [6.45, 7) is 5.80. The third kappa shape index (κ3) is 5.06. The summed E-state index contributed by atoms with van der Waals surface area (Å²) in [6, 6.07) is 5.50. The Morgan fingerprint density at radius 2 is 2.06 bits per heavy atom. The molecule has 0 saturated heterocycles. The van der Waals surface area contributed by atoms with E-state index in [2.05, 4.69) is 15.9 Å². The summed E-state index contributed by atoms with van der Waals surface area (Å²) >= 11 is 3.37. The monoisotopic (exact) mass is 315 g/mol. The van der Waals surface area contributed by atoms with Gasteiger partial charge < -0.3 is 15.2 Å². The van der Waals surface area contributed by atoms with Crippen LogP contribution in [0, 0.1) is 0 Å². The van der Waals surface area contributed by atoms with E-state index in [-0.39, 0.29) is 6.61 Å². The molecular weight excluding hydrogens is 298 g/mol. The van der Waals surface area contributed by atoms with Gasteiger partial charge in [-0.05, 0) is 54.4 Å². The fraction of sp³-hybridized carbons (Fsp3) is 0.462. The van der Waals surface area contributed by atoms with Crippen molar-refractivity contribution in [1.29, 1.82) is 0 Å². The van der Waals surface area contributed by atoms with Crippen LogP contribution in [0.3, 0.4) is 0 Å². The van der Waals surface area contributed by atoms with Gasteiger partial charge in [-0.3, -0.25) is 0 Å². The zero-order chi connectivity index (χ0) is 13.8. The fourth-order valence-electron chi connectivity index (χ4n) is 1.30. The van der Waals surface area contributed by atoms with E-state index in [4.69, 9.17) is 15.2 Å². The van der Waals surface area contributed by atoms with E-state index in [9.17, 15) is 4.79 Å². The van der Waals surface area contributed by atoms with Gasteiger partial charge in [0.25, 0.3) is 0 Å². The van der Waals surface area contributed by atoms with Crippen LogP contribution in [0.15, 0.2) is 22.7 Å². The third-order valence-electron chi connectivity index (χ3n) is 2.00. The number of hydrogen-bond acceptors (Lipinski definition) is 4. The van der Waals surface area contributed by atoms with Gasteiger partial charge in [-0.1, -0.05) is 6.07 Å². The molecule has 1 aromatic rings. The smallest absolute Gasteiger partial charge is 0.344 e. The molecule has 0 fully saturated rings. The van der Waals surface area contributed by atoms with Crippen LogP contribution in [0.4, 0.5) is 0 Å². The summed E-state index contributed by atoms with van der Waals surface area (Å²) in [7, 11) is 0. The first-order chi connectivity index (χ1) is 8.31. The zero-order valence-electron chi connectivity index (χ0n) is 10.8. The van der Waals surface area contributed by atoms with Crippen molar-refractivity contribution in [2.24, 2.45) is 5.73 Å². The SMILES string of the molecule is CC(C)(C)OC(=O)COc1ccc(CN)cc1Br. The average Bonchev–Trinajstić information content (AvgIpc) is 2.25. The molecule has 0 aliphatic carbocycles. The van der Waals surface area contributed by atoms with E-state index < -0.39 is 11.6 Å². The lowest BCUT2D eigenvalue weighted by molar-refractivity contribution is -0.157. The van der Waals surface area contributed by atoms with Crippen LogP contribution in [-0.4, -0.2) is 18.2 Å². The summed E-state index contributed by atoms with van der Waals surface area (Å²) in [5, 5.41) is 0. The summed E-state index contributed by atoms with van der Waals surface area (Å²) in [5.41, 5.74) is 6.02. The van der Waals surface area contributed by atoms with Gasteiger partial charge in [0, 0.05) is 6.54 Å². The van der Waals surface area contributed by atoms with Crippen LogP contribution in [-0.2, 0) is 16.1 Å². The topological polar surface area (TPSA) is 61.5 Å². The lowest BCUT2D eigenvalue weighted by Gasteiger charge is -2.19. The molecule has 0 unspecified atom stereocenters. The van der Waals surface area contributed by atoms with E-state index in [1.807, 2.05) is 32.9 Å². The van der Waals surface area contributed by atoms with Gasteiger partial charge in [0.2, 0.25) is 0 Å². The Balaban J connectivity index is 2.56. The van der Waals surface area contributed by atoms with E-state index in [0.717, 1.165) is 10.0 Å². The molecule has 0 saturated carbocycles. The van der Waals surface area contributed by atoms with Gasteiger partial charge in [0.1, 0.15) is 11.4 Å². The molecule has 0 atom stereocenters. The van der Waals surface area contributed by atoms with Crippen LogP contribution < -0.4 is 10.5 Å². The van der Waals surface area contributed by atoms with E-state index in [1.165, 1.54) is 0 Å². The number of benzene rings is 1. The van der Waals surface area contributed by atoms with Gasteiger partial charge in [0.15, 0.2) is 6.61 Å². The first-order valence-electron chi connectivity index (χ1n) is 5.65. The van der Waals surface area contributed by atoms with Crippen molar-refractivity contribution in [3.05, 3.63) is 28.2 Å². The number of nitrogens with two attached hydrogens (primary N) is 1. The van der Waals surface area contributed by atoms with Crippen molar-refractivity contribution in [1.82, 2.24) is 0 Å². The Morgan fingerprint density at radius 1 is 1.39 bits per heavy atom. The maximum absolute atomic E-state index is 11.5. The molecule has 0 heterocycles. The lowest BCUT2D eigenvalue weighted by Crippen LogP contribution is -2.27. The van der Waals surface area contributed by atoms with Crippen molar-refractivity contribution in [3.8, 4) is 5.75 Å². The number of carbonyl (C=O) groups is 1. The van der Waals surface area contributed by atoms with Crippen molar-refractivity contribution >= 4 is 21.9 Å². The highest BCUT2D eigenvalue weighted by atomic mass is 79.9. The molecule has 0 amide bonds. The predicted molar refractivity (Wildman–Crippen MR) is 73.4 cm³/mol. The van der Waals surface area contributed by atoms with Crippen LogP contribution in [0.1, 0.15) is 26.3 Å².